The van der Waals surface area contributed by atoms with Gasteiger partial charge in [0, 0.05) is 0 Å². The topological polar surface area (TPSA) is 54.0 Å². The van der Waals surface area contributed by atoms with Crippen molar-refractivity contribution >= 4 is 5.97 Å². The second-order valence-electron chi connectivity index (χ2n) is 4.92. The summed E-state index contributed by atoms with van der Waals surface area (Å²) in [7, 11) is 3.11. The molecule has 0 amide bonds. The molecule has 0 bridgehead atoms. The molecule has 126 valence electrons. The summed E-state index contributed by atoms with van der Waals surface area (Å²) in [5, 5.41) is 0. The number of carbonyl (C=O) groups excluding carboxylic acids is 1. The molecule has 2 aromatic carbocycles. The largest absolute Gasteiger partial charge is 0.497 e. The fourth-order valence-electron chi connectivity index (χ4n) is 2.06. The van der Waals surface area contributed by atoms with Crippen molar-refractivity contribution in [3.8, 4) is 23.0 Å². The van der Waals surface area contributed by atoms with Crippen molar-refractivity contribution in [3.63, 3.8) is 0 Å². The predicted molar refractivity (Wildman–Crippen MR) is 91.0 cm³/mol. The van der Waals surface area contributed by atoms with Crippen molar-refractivity contribution in [2.45, 2.75) is 6.42 Å². The maximum absolute atomic E-state index is 11.9. The standard InChI is InChI=1S/C19H20O5/c1-4-5-14-6-11-17(18(12-14)22-3)24-19(20)13-23-16-9-7-15(21-2)8-10-16/h4,6-12H,1,5,13H2,2-3H3. The van der Waals surface area contributed by atoms with E-state index in [0.29, 0.717) is 29.4 Å². The van der Waals surface area contributed by atoms with Crippen LogP contribution in [0.5, 0.6) is 23.0 Å². The smallest absolute Gasteiger partial charge is 0.349 e. The van der Waals surface area contributed by atoms with Gasteiger partial charge in [-0.25, -0.2) is 4.79 Å². The number of carbonyl (C=O) groups is 1. The molecule has 0 heterocycles. The number of allylic oxidation sites excluding steroid dienone is 1. The Labute approximate surface area is 141 Å². The van der Waals surface area contributed by atoms with Gasteiger partial charge in [0.25, 0.3) is 0 Å². The van der Waals surface area contributed by atoms with Crippen LogP contribution in [0.4, 0.5) is 0 Å². The van der Waals surface area contributed by atoms with Crippen LogP contribution in [-0.4, -0.2) is 26.8 Å². The minimum absolute atomic E-state index is 0.204. The Morgan fingerprint density at radius 3 is 2.33 bits per heavy atom. The van der Waals surface area contributed by atoms with Gasteiger partial charge in [-0.2, -0.15) is 0 Å². The van der Waals surface area contributed by atoms with Crippen LogP contribution < -0.4 is 18.9 Å². The zero-order valence-corrected chi connectivity index (χ0v) is 13.8. The van der Waals surface area contributed by atoms with Gasteiger partial charge in [0.2, 0.25) is 0 Å². The molecule has 0 aromatic heterocycles. The molecule has 0 radical (unpaired) electrons. The summed E-state index contributed by atoms with van der Waals surface area (Å²) in [6.07, 6.45) is 2.51. The first-order valence-electron chi connectivity index (χ1n) is 7.41. The van der Waals surface area contributed by atoms with Crippen LogP contribution in [0.25, 0.3) is 0 Å². The maximum Gasteiger partial charge on any atom is 0.349 e. The lowest BCUT2D eigenvalue weighted by Gasteiger charge is -2.11. The van der Waals surface area contributed by atoms with Crippen molar-refractivity contribution < 1.29 is 23.7 Å². The van der Waals surface area contributed by atoms with Gasteiger partial charge >= 0.3 is 5.97 Å². The lowest BCUT2D eigenvalue weighted by atomic mass is 10.1. The van der Waals surface area contributed by atoms with E-state index in [4.69, 9.17) is 18.9 Å². The molecule has 0 saturated heterocycles. The van der Waals surface area contributed by atoms with Crippen molar-refractivity contribution in [2.75, 3.05) is 20.8 Å². The van der Waals surface area contributed by atoms with Crippen molar-refractivity contribution in [3.05, 3.63) is 60.7 Å². The Bertz CT molecular complexity index is 691. The summed E-state index contributed by atoms with van der Waals surface area (Å²) < 4.78 is 21.0. The van der Waals surface area contributed by atoms with E-state index in [1.807, 2.05) is 12.1 Å². The van der Waals surface area contributed by atoms with Crippen LogP contribution in [-0.2, 0) is 11.2 Å². The Balaban J connectivity index is 1.94. The number of benzene rings is 2. The maximum atomic E-state index is 11.9. The number of rotatable bonds is 8. The summed E-state index contributed by atoms with van der Waals surface area (Å²) in [6.45, 7) is 3.49. The lowest BCUT2D eigenvalue weighted by molar-refractivity contribution is -0.136. The Morgan fingerprint density at radius 2 is 1.71 bits per heavy atom. The number of esters is 1. The van der Waals surface area contributed by atoms with Gasteiger partial charge < -0.3 is 18.9 Å². The second kappa shape index (κ2) is 8.62. The van der Waals surface area contributed by atoms with Crippen molar-refractivity contribution in [1.29, 1.82) is 0 Å². The van der Waals surface area contributed by atoms with Crippen LogP contribution in [0, 0.1) is 0 Å². The third kappa shape index (κ3) is 4.78. The zero-order chi connectivity index (χ0) is 17.4. The van der Waals surface area contributed by atoms with Crippen LogP contribution in [0.1, 0.15) is 5.56 Å². The van der Waals surface area contributed by atoms with E-state index in [0.717, 1.165) is 5.56 Å². The van der Waals surface area contributed by atoms with E-state index >= 15 is 0 Å². The second-order valence-corrected chi connectivity index (χ2v) is 4.92. The highest BCUT2D eigenvalue weighted by atomic mass is 16.6. The van der Waals surface area contributed by atoms with Gasteiger partial charge in [0.15, 0.2) is 18.1 Å². The van der Waals surface area contributed by atoms with Crippen molar-refractivity contribution in [1.82, 2.24) is 0 Å². The fraction of sp³-hybridized carbons (Fsp3) is 0.211. The first-order chi connectivity index (χ1) is 11.7. The highest BCUT2D eigenvalue weighted by Gasteiger charge is 2.11. The number of hydrogen-bond donors (Lipinski definition) is 0. The summed E-state index contributed by atoms with van der Waals surface area (Å²) in [5.74, 6) is 1.61. The van der Waals surface area contributed by atoms with Gasteiger partial charge in [-0.05, 0) is 48.4 Å². The van der Waals surface area contributed by atoms with Gasteiger partial charge in [0.05, 0.1) is 14.2 Å². The molecular weight excluding hydrogens is 308 g/mol. The average molecular weight is 328 g/mol. The molecule has 0 spiro atoms. The number of ether oxygens (including phenoxy) is 4. The van der Waals surface area contributed by atoms with Gasteiger partial charge in [0.1, 0.15) is 11.5 Å². The monoisotopic (exact) mass is 328 g/mol. The normalized spacial score (nSPS) is 9.92. The summed E-state index contributed by atoms with van der Waals surface area (Å²) in [5.41, 5.74) is 1.02. The molecule has 0 atom stereocenters. The predicted octanol–water partition coefficient (Wildman–Crippen LogP) is 3.42. The SMILES string of the molecule is C=CCc1ccc(OC(=O)COc2ccc(OC)cc2)c(OC)c1. The van der Waals surface area contributed by atoms with E-state index < -0.39 is 5.97 Å². The molecule has 2 aromatic rings. The molecule has 0 aliphatic heterocycles. The minimum atomic E-state index is -0.513. The summed E-state index contributed by atoms with van der Waals surface area (Å²) in [6, 6.07) is 12.3. The van der Waals surface area contributed by atoms with Crippen LogP contribution >= 0.6 is 0 Å². The Morgan fingerprint density at radius 1 is 1.00 bits per heavy atom. The quantitative estimate of drug-likeness (QED) is 0.422. The van der Waals surface area contributed by atoms with Crippen LogP contribution in [0.15, 0.2) is 55.1 Å². The van der Waals surface area contributed by atoms with Crippen molar-refractivity contribution in [2.24, 2.45) is 0 Å². The van der Waals surface area contributed by atoms with Crippen LogP contribution in [0.3, 0.4) is 0 Å². The molecular formula is C19H20O5. The number of hydrogen-bond acceptors (Lipinski definition) is 5. The van der Waals surface area contributed by atoms with E-state index in [1.165, 1.54) is 7.11 Å². The molecule has 24 heavy (non-hydrogen) atoms. The zero-order valence-electron chi connectivity index (χ0n) is 13.8. The highest BCUT2D eigenvalue weighted by molar-refractivity contribution is 5.74. The molecule has 0 aliphatic carbocycles. The number of methoxy groups -OCH3 is 2. The van der Waals surface area contributed by atoms with Gasteiger partial charge in [-0.3, -0.25) is 0 Å². The molecule has 0 fully saturated rings. The third-order valence-corrected chi connectivity index (χ3v) is 3.25. The lowest BCUT2D eigenvalue weighted by Crippen LogP contribution is -2.18. The fourth-order valence-corrected chi connectivity index (χ4v) is 2.06. The Hall–Kier alpha value is -2.95. The molecule has 5 heteroatoms. The third-order valence-electron chi connectivity index (χ3n) is 3.25. The molecule has 2 rings (SSSR count). The highest BCUT2D eigenvalue weighted by Crippen LogP contribution is 2.28. The summed E-state index contributed by atoms with van der Waals surface area (Å²) >= 11 is 0. The molecule has 5 nitrogen and oxygen atoms in total. The van der Waals surface area contributed by atoms with E-state index in [2.05, 4.69) is 6.58 Å². The van der Waals surface area contributed by atoms with Gasteiger partial charge in [-0.15, -0.1) is 6.58 Å². The van der Waals surface area contributed by atoms with E-state index in [1.54, 1.807) is 43.5 Å². The first kappa shape index (κ1) is 17.4. The summed E-state index contributed by atoms with van der Waals surface area (Å²) in [4.78, 5) is 11.9. The minimum Gasteiger partial charge on any atom is -0.497 e. The van der Waals surface area contributed by atoms with Gasteiger partial charge in [-0.1, -0.05) is 12.1 Å². The van der Waals surface area contributed by atoms with E-state index in [9.17, 15) is 4.79 Å². The average Bonchev–Trinajstić information content (AvgIpc) is 2.62. The van der Waals surface area contributed by atoms with Crippen LogP contribution in [0.2, 0.25) is 0 Å². The van der Waals surface area contributed by atoms with E-state index in [-0.39, 0.29) is 6.61 Å². The Kier molecular flexibility index (Phi) is 6.25. The first-order valence-corrected chi connectivity index (χ1v) is 7.41. The molecule has 0 N–H and O–H groups in total. The molecule has 0 saturated carbocycles. The molecule has 0 unspecified atom stereocenters. The molecule has 0 aliphatic rings.